The Morgan fingerprint density at radius 2 is 1.83 bits per heavy atom. The number of nitrogens with one attached hydrogen (secondary N) is 2. The maximum atomic E-state index is 12.4. The van der Waals surface area contributed by atoms with Crippen LogP contribution in [0.1, 0.15) is 61.9 Å². The lowest BCUT2D eigenvalue weighted by molar-refractivity contribution is 0.102. The third-order valence-electron chi connectivity index (χ3n) is 3.95. The third-order valence-corrected chi connectivity index (χ3v) is 3.95. The number of amides is 1. The molecular weight excluding hydrogens is 298 g/mol. The van der Waals surface area contributed by atoms with Crippen molar-refractivity contribution in [3.05, 3.63) is 53.9 Å². The third kappa shape index (κ3) is 5.37. The van der Waals surface area contributed by atoms with Gasteiger partial charge in [-0.25, -0.2) is 0 Å². The molecule has 24 heavy (non-hydrogen) atoms. The van der Waals surface area contributed by atoms with Gasteiger partial charge >= 0.3 is 0 Å². The molecular formula is C20H27N3O. The van der Waals surface area contributed by atoms with Crippen LogP contribution in [0, 0.1) is 0 Å². The topological polar surface area (TPSA) is 54.0 Å². The molecule has 4 heteroatoms. The lowest BCUT2D eigenvalue weighted by atomic mass is 10.0. The fourth-order valence-electron chi connectivity index (χ4n) is 2.42. The summed E-state index contributed by atoms with van der Waals surface area (Å²) in [6, 6.07) is 9.81. The first kappa shape index (κ1) is 18.0. The van der Waals surface area contributed by atoms with Crippen LogP contribution < -0.4 is 10.6 Å². The summed E-state index contributed by atoms with van der Waals surface area (Å²) < 4.78 is 0. The molecule has 0 saturated carbocycles. The van der Waals surface area contributed by atoms with Crippen LogP contribution in [0.25, 0.3) is 0 Å². The number of hydrogen-bond acceptors (Lipinski definition) is 3. The molecule has 2 aromatic rings. The van der Waals surface area contributed by atoms with E-state index < -0.39 is 0 Å². The zero-order valence-corrected chi connectivity index (χ0v) is 14.8. The molecule has 0 fully saturated rings. The number of carbonyl (C=O) groups is 1. The Balaban J connectivity index is 1.96. The molecule has 1 aromatic carbocycles. The quantitative estimate of drug-likeness (QED) is 0.667. The normalized spacial score (nSPS) is 10.7. The summed E-state index contributed by atoms with van der Waals surface area (Å²) in [5.41, 5.74) is 3.50. The Morgan fingerprint density at radius 1 is 1.08 bits per heavy atom. The summed E-state index contributed by atoms with van der Waals surface area (Å²) in [5, 5.41) is 6.24. The van der Waals surface area contributed by atoms with Crippen LogP contribution in [0.5, 0.6) is 0 Å². The lowest BCUT2D eigenvalue weighted by Gasteiger charge is -2.10. The van der Waals surface area contributed by atoms with Crippen molar-refractivity contribution in [3.63, 3.8) is 0 Å². The monoisotopic (exact) mass is 325 g/mol. The molecule has 0 aliphatic carbocycles. The molecule has 0 atom stereocenters. The van der Waals surface area contributed by atoms with Gasteiger partial charge in [0.05, 0.1) is 11.3 Å². The molecule has 1 heterocycles. The maximum Gasteiger partial charge on any atom is 0.257 e. The number of pyridine rings is 1. The first-order valence-electron chi connectivity index (χ1n) is 8.70. The Labute approximate surface area is 144 Å². The highest BCUT2D eigenvalue weighted by Crippen LogP contribution is 2.18. The van der Waals surface area contributed by atoms with Crippen LogP contribution in [0.4, 0.5) is 11.4 Å². The molecule has 0 saturated heterocycles. The number of aromatic nitrogens is 1. The van der Waals surface area contributed by atoms with Gasteiger partial charge in [0, 0.05) is 24.6 Å². The molecule has 0 aliphatic heterocycles. The van der Waals surface area contributed by atoms with E-state index in [1.54, 1.807) is 12.4 Å². The van der Waals surface area contributed by atoms with Crippen molar-refractivity contribution < 1.29 is 4.79 Å². The minimum atomic E-state index is -0.142. The minimum absolute atomic E-state index is 0.142. The van der Waals surface area contributed by atoms with E-state index in [1.165, 1.54) is 18.4 Å². The molecule has 4 nitrogen and oxygen atoms in total. The van der Waals surface area contributed by atoms with Gasteiger partial charge in [-0.15, -0.1) is 0 Å². The highest BCUT2D eigenvalue weighted by atomic mass is 16.1. The van der Waals surface area contributed by atoms with Gasteiger partial charge in [-0.1, -0.05) is 45.7 Å². The summed E-state index contributed by atoms with van der Waals surface area (Å²) in [6.07, 6.45) is 6.86. The molecule has 0 spiro atoms. The summed E-state index contributed by atoms with van der Waals surface area (Å²) >= 11 is 0. The number of rotatable bonds is 8. The smallest absolute Gasteiger partial charge is 0.257 e. The standard InChI is InChI=1S/C20H27N3O/c1-4-5-6-11-22-19-12-17(13-21-14-19)20(24)23-18-9-7-16(8-10-18)15(2)3/h7-10,12-15,22H,4-6,11H2,1-3H3,(H,23,24). The van der Waals surface area contributed by atoms with Crippen molar-refractivity contribution in [1.82, 2.24) is 4.98 Å². The van der Waals surface area contributed by atoms with Crippen molar-refractivity contribution in [1.29, 1.82) is 0 Å². The first-order chi connectivity index (χ1) is 11.6. The molecule has 0 radical (unpaired) electrons. The second kappa shape index (κ2) is 9.06. The highest BCUT2D eigenvalue weighted by Gasteiger charge is 2.08. The van der Waals surface area contributed by atoms with Crippen molar-refractivity contribution in [3.8, 4) is 0 Å². The molecule has 0 aliphatic rings. The van der Waals surface area contributed by atoms with Gasteiger partial charge in [0.1, 0.15) is 0 Å². The predicted molar refractivity (Wildman–Crippen MR) is 101 cm³/mol. The van der Waals surface area contributed by atoms with Crippen LogP contribution in [0.3, 0.4) is 0 Å². The van der Waals surface area contributed by atoms with E-state index in [4.69, 9.17) is 0 Å². The first-order valence-corrected chi connectivity index (χ1v) is 8.70. The van der Waals surface area contributed by atoms with Gasteiger partial charge in [-0.3, -0.25) is 9.78 Å². The Kier molecular flexibility index (Phi) is 6.79. The van der Waals surface area contributed by atoms with Crippen LogP contribution >= 0.6 is 0 Å². The van der Waals surface area contributed by atoms with Crippen molar-refractivity contribution in [2.75, 3.05) is 17.2 Å². The number of carbonyl (C=O) groups excluding carboxylic acids is 1. The fourth-order valence-corrected chi connectivity index (χ4v) is 2.42. The van der Waals surface area contributed by atoms with E-state index in [2.05, 4.69) is 36.4 Å². The van der Waals surface area contributed by atoms with Crippen LogP contribution in [0.15, 0.2) is 42.7 Å². The van der Waals surface area contributed by atoms with Crippen LogP contribution in [0.2, 0.25) is 0 Å². The van der Waals surface area contributed by atoms with Gasteiger partial charge in [0.25, 0.3) is 5.91 Å². The minimum Gasteiger partial charge on any atom is -0.384 e. The average Bonchev–Trinajstić information content (AvgIpc) is 2.59. The van der Waals surface area contributed by atoms with Gasteiger partial charge in [0.2, 0.25) is 0 Å². The van der Waals surface area contributed by atoms with Gasteiger partial charge in [-0.05, 0) is 36.1 Å². The van der Waals surface area contributed by atoms with Gasteiger partial charge in [-0.2, -0.15) is 0 Å². The number of anilines is 2. The highest BCUT2D eigenvalue weighted by molar-refractivity contribution is 6.04. The number of hydrogen-bond donors (Lipinski definition) is 2. The SMILES string of the molecule is CCCCCNc1cncc(C(=O)Nc2ccc(C(C)C)cc2)c1. The summed E-state index contributed by atoms with van der Waals surface area (Å²) in [7, 11) is 0. The molecule has 2 N–H and O–H groups in total. The molecule has 1 amide bonds. The average molecular weight is 325 g/mol. The number of nitrogens with zero attached hydrogens (tertiary/aromatic N) is 1. The van der Waals surface area contributed by atoms with E-state index in [1.807, 2.05) is 30.3 Å². The van der Waals surface area contributed by atoms with E-state index >= 15 is 0 Å². The predicted octanol–water partition coefficient (Wildman–Crippen LogP) is 5.06. The molecule has 2 rings (SSSR count). The van der Waals surface area contributed by atoms with Crippen LogP contribution in [-0.4, -0.2) is 17.4 Å². The molecule has 1 aromatic heterocycles. The Bertz CT molecular complexity index is 650. The van der Waals surface area contributed by atoms with Crippen molar-refractivity contribution in [2.45, 2.75) is 46.0 Å². The zero-order valence-electron chi connectivity index (χ0n) is 14.8. The zero-order chi connectivity index (χ0) is 17.4. The van der Waals surface area contributed by atoms with E-state index in [9.17, 15) is 4.79 Å². The maximum absolute atomic E-state index is 12.4. The number of benzene rings is 1. The second-order valence-corrected chi connectivity index (χ2v) is 6.33. The molecule has 128 valence electrons. The Morgan fingerprint density at radius 3 is 2.50 bits per heavy atom. The number of unbranched alkanes of at least 4 members (excludes halogenated alkanes) is 2. The lowest BCUT2D eigenvalue weighted by Crippen LogP contribution is -2.13. The van der Waals surface area contributed by atoms with E-state index in [-0.39, 0.29) is 5.91 Å². The Hall–Kier alpha value is -2.36. The van der Waals surface area contributed by atoms with Gasteiger partial charge in [0.15, 0.2) is 0 Å². The molecule has 0 bridgehead atoms. The van der Waals surface area contributed by atoms with Crippen LogP contribution in [-0.2, 0) is 0 Å². The van der Waals surface area contributed by atoms with E-state index in [0.717, 1.165) is 24.3 Å². The second-order valence-electron chi connectivity index (χ2n) is 6.33. The summed E-state index contributed by atoms with van der Waals surface area (Å²) in [4.78, 5) is 16.5. The largest absolute Gasteiger partial charge is 0.384 e. The summed E-state index contributed by atoms with van der Waals surface area (Å²) in [6.45, 7) is 7.38. The van der Waals surface area contributed by atoms with E-state index in [0.29, 0.717) is 11.5 Å². The van der Waals surface area contributed by atoms with Crippen molar-refractivity contribution >= 4 is 17.3 Å². The fraction of sp³-hybridized carbons (Fsp3) is 0.400. The van der Waals surface area contributed by atoms with Gasteiger partial charge < -0.3 is 10.6 Å². The summed E-state index contributed by atoms with van der Waals surface area (Å²) in [5.74, 6) is 0.339. The van der Waals surface area contributed by atoms with Crippen molar-refractivity contribution in [2.24, 2.45) is 0 Å². The molecule has 0 unspecified atom stereocenters.